The van der Waals surface area contributed by atoms with Crippen molar-refractivity contribution < 1.29 is 18.0 Å². The molecule has 0 fully saturated rings. The summed E-state index contributed by atoms with van der Waals surface area (Å²) < 4.78 is 28.7. The van der Waals surface area contributed by atoms with Crippen LogP contribution in [0.1, 0.15) is 43.9 Å². The van der Waals surface area contributed by atoms with Gasteiger partial charge in [-0.05, 0) is 75.6 Å². The van der Waals surface area contributed by atoms with E-state index in [2.05, 4.69) is 5.32 Å². The first-order valence-corrected chi connectivity index (χ1v) is 14.7. The Bertz CT molecular complexity index is 1410. The molecule has 0 aliphatic rings. The zero-order chi connectivity index (χ0) is 28.7. The van der Waals surface area contributed by atoms with E-state index < -0.39 is 28.5 Å². The van der Waals surface area contributed by atoms with Gasteiger partial charge in [0.15, 0.2) is 0 Å². The van der Waals surface area contributed by atoms with Gasteiger partial charge in [-0.15, -0.1) is 0 Å². The molecule has 0 unspecified atom stereocenters. The Morgan fingerprint density at radius 2 is 1.62 bits per heavy atom. The van der Waals surface area contributed by atoms with Gasteiger partial charge in [-0.25, -0.2) is 8.42 Å². The molecule has 3 rings (SSSR count). The van der Waals surface area contributed by atoms with Crippen molar-refractivity contribution in [1.82, 2.24) is 10.2 Å². The number of nitrogens with zero attached hydrogens (tertiary/aromatic N) is 2. The van der Waals surface area contributed by atoms with Gasteiger partial charge in [0.2, 0.25) is 11.8 Å². The molecule has 1 N–H and O–H groups in total. The van der Waals surface area contributed by atoms with Crippen LogP contribution >= 0.6 is 11.6 Å². The average molecular weight is 570 g/mol. The summed E-state index contributed by atoms with van der Waals surface area (Å²) in [6.07, 6.45) is 0.738. The zero-order valence-electron chi connectivity index (χ0n) is 23.0. The quantitative estimate of drug-likeness (QED) is 0.331. The molecule has 39 heavy (non-hydrogen) atoms. The molecule has 7 nitrogen and oxygen atoms in total. The third-order valence-electron chi connectivity index (χ3n) is 6.75. The van der Waals surface area contributed by atoms with E-state index >= 15 is 0 Å². The standard InChI is InChI=1S/C30H36ClN3O4S/c1-6-23(4)32-30(36)24(5)33(19-25-11-8-7-10-22(25)3)29(35)20-34(27-13-9-12-26(31)18-27)39(37,38)28-16-14-21(2)15-17-28/h7-18,23-24H,6,19-20H2,1-5H3,(H,32,36)/t23-,24+/m0/s1. The van der Waals surface area contributed by atoms with Crippen molar-refractivity contribution in [3.8, 4) is 0 Å². The normalized spacial score (nSPS) is 12.9. The minimum Gasteiger partial charge on any atom is -0.352 e. The van der Waals surface area contributed by atoms with Crippen LogP contribution < -0.4 is 9.62 Å². The molecule has 3 aromatic rings. The maximum absolute atomic E-state index is 14.0. The summed E-state index contributed by atoms with van der Waals surface area (Å²) in [6, 6.07) is 19.5. The van der Waals surface area contributed by atoms with Gasteiger partial charge in [0.1, 0.15) is 12.6 Å². The summed E-state index contributed by atoms with van der Waals surface area (Å²) >= 11 is 6.21. The van der Waals surface area contributed by atoms with Crippen LogP contribution in [-0.2, 0) is 26.2 Å². The number of rotatable bonds is 11. The third-order valence-corrected chi connectivity index (χ3v) is 8.78. The number of hydrogen-bond acceptors (Lipinski definition) is 4. The van der Waals surface area contributed by atoms with Crippen LogP contribution in [-0.4, -0.2) is 43.8 Å². The van der Waals surface area contributed by atoms with Crippen molar-refractivity contribution in [3.63, 3.8) is 0 Å². The van der Waals surface area contributed by atoms with E-state index in [9.17, 15) is 18.0 Å². The van der Waals surface area contributed by atoms with Gasteiger partial charge in [-0.1, -0.05) is 66.6 Å². The van der Waals surface area contributed by atoms with Crippen molar-refractivity contribution in [2.24, 2.45) is 0 Å². The molecule has 2 amide bonds. The number of anilines is 1. The van der Waals surface area contributed by atoms with E-state index in [1.165, 1.54) is 23.1 Å². The first-order valence-electron chi connectivity index (χ1n) is 12.9. The van der Waals surface area contributed by atoms with E-state index in [-0.39, 0.29) is 29.1 Å². The lowest BCUT2D eigenvalue weighted by atomic mass is 10.1. The highest BCUT2D eigenvalue weighted by Gasteiger charge is 2.33. The number of carbonyl (C=O) groups excluding carboxylic acids is 2. The second kappa shape index (κ2) is 13.1. The Kier molecular flexibility index (Phi) is 10.2. The molecule has 2 atom stereocenters. The SMILES string of the molecule is CC[C@H](C)NC(=O)[C@@H](C)N(Cc1ccccc1C)C(=O)CN(c1cccc(Cl)c1)S(=O)(=O)c1ccc(C)cc1. The van der Waals surface area contributed by atoms with Gasteiger partial charge >= 0.3 is 0 Å². The number of amides is 2. The highest BCUT2D eigenvalue weighted by Crippen LogP contribution is 2.27. The first kappa shape index (κ1) is 30.2. The van der Waals surface area contributed by atoms with Gasteiger partial charge in [-0.3, -0.25) is 13.9 Å². The Morgan fingerprint density at radius 3 is 2.23 bits per heavy atom. The number of nitrogens with one attached hydrogen (secondary N) is 1. The van der Waals surface area contributed by atoms with Crippen molar-refractivity contribution in [2.75, 3.05) is 10.8 Å². The van der Waals surface area contributed by atoms with Crippen LogP contribution in [0.15, 0.2) is 77.7 Å². The van der Waals surface area contributed by atoms with E-state index in [1.807, 2.05) is 52.0 Å². The number of sulfonamides is 1. The Labute approximate surface area is 236 Å². The fraction of sp³-hybridized carbons (Fsp3) is 0.333. The fourth-order valence-corrected chi connectivity index (χ4v) is 5.61. The van der Waals surface area contributed by atoms with Crippen molar-refractivity contribution in [3.05, 3.63) is 94.5 Å². The zero-order valence-corrected chi connectivity index (χ0v) is 24.6. The number of aryl methyl sites for hydroxylation is 2. The van der Waals surface area contributed by atoms with Gasteiger partial charge in [0.25, 0.3) is 10.0 Å². The molecule has 0 radical (unpaired) electrons. The molecule has 0 aromatic heterocycles. The highest BCUT2D eigenvalue weighted by atomic mass is 35.5. The molecule has 208 valence electrons. The molecule has 0 heterocycles. The lowest BCUT2D eigenvalue weighted by Crippen LogP contribution is -2.52. The Morgan fingerprint density at radius 1 is 0.949 bits per heavy atom. The summed E-state index contributed by atoms with van der Waals surface area (Å²) in [5.74, 6) is -0.817. The fourth-order valence-electron chi connectivity index (χ4n) is 4.02. The van der Waals surface area contributed by atoms with Crippen molar-refractivity contribution >= 4 is 39.1 Å². The first-order chi connectivity index (χ1) is 18.4. The molecule has 0 aliphatic heterocycles. The smallest absolute Gasteiger partial charge is 0.264 e. The van der Waals surface area contributed by atoms with Crippen LogP contribution in [0.25, 0.3) is 0 Å². The Balaban J connectivity index is 2.04. The lowest BCUT2D eigenvalue weighted by Gasteiger charge is -2.32. The molecular weight excluding hydrogens is 534 g/mol. The minimum atomic E-state index is -4.14. The van der Waals surface area contributed by atoms with Crippen molar-refractivity contribution in [2.45, 2.75) is 64.6 Å². The number of halogens is 1. The average Bonchev–Trinajstić information content (AvgIpc) is 2.90. The monoisotopic (exact) mass is 569 g/mol. The van der Waals surface area contributed by atoms with Crippen LogP contribution in [0.5, 0.6) is 0 Å². The molecule has 0 bridgehead atoms. The molecular formula is C30H36ClN3O4S. The van der Waals surface area contributed by atoms with Gasteiger partial charge < -0.3 is 10.2 Å². The predicted molar refractivity (Wildman–Crippen MR) is 156 cm³/mol. The second-order valence-electron chi connectivity index (χ2n) is 9.75. The maximum atomic E-state index is 14.0. The van der Waals surface area contributed by atoms with Gasteiger partial charge in [-0.2, -0.15) is 0 Å². The van der Waals surface area contributed by atoms with Crippen LogP contribution in [0.2, 0.25) is 5.02 Å². The largest absolute Gasteiger partial charge is 0.352 e. The molecule has 3 aromatic carbocycles. The number of carbonyl (C=O) groups is 2. The summed E-state index contributed by atoms with van der Waals surface area (Å²) in [5, 5.41) is 3.27. The second-order valence-corrected chi connectivity index (χ2v) is 12.0. The van der Waals surface area contributed by atoms with E-state index in [0.717, 1.165) is 27.4 Å². The molecule has 0 aliphatic carbocycles. The third kappa shape index (κ3) is 7.61. The summed E-state index contributed by atoms with van der Waals surface area (Å²) in [7, 11) is -4.14. The van der Waals surface area contributed by atoms with Crippen LogP contribution in [0, 0.1) is 13.8 Å². The highest BCUT2D eigenvalue weighted by molar-refractivity contribution is 7.92. The minimum absolute atomic E-state index is 0.0499. The number of hydrogen-bond donors (Lipinski definition) is 1. The lowest BCUT2D eigenvalue weighted by molar-refractivity contribution is -0.139. The van der Waals surface area contributed by atoms with Crippen LogP contribution in [0.4, 0.5) is 5.69 Å². The van der Waals surface area contributed by atoms with Crippen molar-refractivity contribution in [1.29, 1.82) is 0 Å². The van der Waals surface area contributed by atoms with Crippen LogP contribution in [0.3, 0.4) is 0 Å². The van der Waals surface area contributed by atoms with Gasteiger partial charge in [0.05, 0.1) is 10.6 Å². The van der Waals surface area contributed by atoms with E-state index in [0.29, 0.717) is 5.02 Å². The van der Waals surface area contributed by atoms with E-state index in [4.69, 9.17) is 11.6 Å². The molecule has 0 saturated carbocycles. The maximum Gasteiger partial charge on any atom is 0.264 e. The summed E-state index contributed by atoms with van der Waals surface area (Å²) in [4.78, 5) is 28.6. The molecule has 0 saturated heterocycles. The van der Waals surface area contributed by atoms with Gasteiger partial charge in [0, 0.05) is 17.6 Å². The topological polar surface area (TPSA) is 86.8 Å². The molecule has 0 spiro atoms. The molecule has 9 heteroatoms. The number of benzene rings is 3. The summed E-state index contributed by atoms with van der Waals surface area (Å²) in [5.41, 5.74) is 2.99. The summed E-state index contributed by atoms with van der Waals surface area (Å²) in [6.45, 7) is 8.95. The predicted octanol–water partition coefficient (Wildman–Crippen LogP) is 5.48. The Hall–Kier alpha value is -3.36. The van der Waals surface area contributed by atoms with E-state index in [1.54, 1.807) is 37.3 Å².